The Morgan fingerprint density at radius 2 is 2.00 bits per heavy atom. The lowest BCUT2D eigenvalue weighted by Gasteiger charge is -2.26. The van der Waals surface area contributed by atoms with Crippen LogP contribution in [0.2, 0.25) is 0 Å². The highest BCUT2D eigenvalue weighted by atomic mass is 31.3. The van der Waals surface area contributed by atoms with Crippen molar-refractivity contribution < 1.29 is 50.7 Å². The molecule has 2 heterocycles. The number of H-pyrrole nitrogens is 1. The van der Waals surface area contributed by atoms with Crippen molar-refractivity contribution in [2.75, 3.05) is 6.61 Å². The van der Waals surface area contributed by atoms with Crippen LogP contribution >= 0.6 is 22.7 Å². The quantitative estimate of drug-likeness (QED) is 0.114. The maximum Gasteiger partial charge on any atom is 0.444 e. The fourth-order valence-electron chi connectivity index (χ4n) is 2.59. The van der Waals surface area contributed by atoms with Crippen LogP contribution in [0.5, 0.6) is 0 Å². The first-order valence-electron chi connectivity index (χ1n) is 8.44. The molecule has 33 heavy (non-hydrogen) atoms. The van der Waals surface area contributed by atoms with E-state index in [1.54, 1.807) is 0 Å². The van der Waals surface area contributed by atoms with Crippen LogP contribution in [0.25, 0.3) is 10.4 Å². The summed E-state index contributed by atoms with van der Waals surface area (Å²) in [5.74, 6) is 0. The van der Waals surface area contributed by atoms with E-state index >= 15 is 0 Å². The molecule has 2 radical (unpaired) electrons. The summed E-state index contributed by atoms with van der Waals surface area (Å²) in [6.45, 7) is 0.435. The minimum Gasteiger partial charge on any atom is -0.352 e. The molecule has 1 unspecified atom stereocenters. The molecule has 4 N–H and O–H groups in total. The molecule has 1 fully saturated rings. The van der Waals surface area contributed by atoms with Crippen molar-refractivity contribution in [1.29, 1.82) is 0 Å². The van der Waals surface area contributed by atoms with E-state index in [4.69, 9.17) is 27.6 Å². The van der Waals surface area contributed by atoms with Gasteiger partial charge in [0.2, 0.25) is 7.57 Å². The summed E-state index contributed by atoms with van der Waals surface area (Å²) < 4.78 is 76.0. The van der Waals surface area contributed by atoms with E-state index in [-0.39, 0.29) is 12.0 Å². The van der Waals surface area contributed by atoms with E-state index in [0.29, 0.717) is 0 Å². The summed E-state index contributed by atoms with van der Waals surface area (Å²) in [5.41, 5.74) is 7.28. The Morgan fingerprint density at radius 1 is 1.39 bits per heavy atom. The van der Waals surface area contributed by atoms with Crippen LogP contribution in [0.15, 0.2) is 20.9 Å². The first-order chi connectivity index (χ1) is 14.9. The molecule has 1 aromatic rings. The maximum atomic E-state index is 13.5. The maximum absolute atomic E-state index is 13.5. The molecule has 0 aliphatic carbocycles. The van der Waals surface area contributed by atoms with Crippen molar-refractivity contribution in [3.05, 3.63) is 43.0 Å². The van der Waals surface area contributed by atoms with Crippen LogP contribution in [0.4, 0.5) is 8.78 Å². The van der Waals surface area contributed by atoms with Gasteiger partial charge in [-0.3, -0.25) is 28.0 Å². The fraction of sp³-hybridized carbons (Fsp3) is 0.636. The van der Waals surface area contributed by atoms with Gasteiger partial charge in [0, 0.05) is 23.1 Å². The minimum absolute atomic E-state index is 0.128. The van der Waals surface area contributed by atoms with Crippen molar-refractivity contribution >= 4 is 30.2 Å². The summed E-state index contributed by atoms with van der Waals surface area (Å²) in [7, 11) is -13.5. The normalized spacial score (nSPS) is 25.1. The van der Waals surface area contributed by atoms with Gasteiger partial charge < -0.3 is 23.9 Å². The molecule has 1 aliphatic heterocycles. The molecule has 1 aliphatic rings. The van der Waals surface area contributed by atoms with Gasteiger partial charge >= 0.3 is 26.3 Å². The molecule has 1 aromatic heterocycles. The molecule has 22 heteroatoms. The van der Waals surface area contributed by atoms with Gasteiger partial charge in [-0.1, -0.05) is 5.11 Å². The van der Waals surface area contributed by atoms with Gasteiger partial charge in [-0.25, -0.2) is 9.11 Å². The Hall–Kier alpha value is -1.64. The van der Waals surface area contributed by atoms with Crippen LogP contribution in [0.1, 0.15) is 18.2 Å². The molecular formula is C11H15BF2N5O11P3. The smallest absolute Gasteiger partial charge is 0.352 e. The molecule has 1 saturated heterocycles. The minimum atomic E-state index is -6.62. The first-order valence-corrected chi connectivity index (χ1v) is 13.2. The number of nitrogens with zero attached hydrogens (tertiary/aromatic N) is 4. The third-order valence-corrected chi connectivity index (χ3v) is 9.42. The van der Waals surface area contributed by atoms with Crippen LogP contribution in [0, 0.1) is 6.92 Å². The summed E-state index contributed by atoms with van der Waals surface area (Å²) in [5, 5.41) is -2.26. The van der Waals surface area contributed by atoms with E-state index in [0.717, 1.165) is 10.8 Å². The van der Waals surface area contributed by atoms with E-state index in [9.17, 15) is 37.0 Å². The number of rotatable bonds is 9. The fourth-order valence-corrected chi connectivity index (χ4v) is 6.41. The van der Waals surface area contributed by atoms with Gasteiger partial charge in [0.25, 0.3) is 13.0 Å². The number of nitrogens with one attached hydrogen (secondary N) is 1. The number of hydrogen-bond donors (Lipinski definition) is 4. The Labute approximate surface area is 183 Å². The summed E-state index contributed by atoms with van der Waals surface area (Å²) in [4.78, 5) is 54.3. The molecule has 0 amide bonds. The van der Waals surface area contributed by atoms with Crippen LogP contribution in [-0.4, -0.2) is 56.0 Å². The second kappa shape index (κ2) is 9.55. The lowest BCUT2D eigenvalue weighted by molar-refractivity contribution is -0.0232. The summed E-state index contributed by atoms with van der Waals surface area (Å²) in [6.07, 6.45) is -1.51. The molecule has 0 bridgehead atoms. The van der Waals surface area contributed by atoms with Crippen molar-refractivity contribution in [2.24, 2.45) is 5.11 Å². The number of aryl methyl sites for hydroxylation is 1. The van der Waals surface area contributed by atoms with Crippen molar-refractivity contribution in [3.63, 3.8) is 0 Å². The van der Waals surface area contributed by atoms with E-state index in [1.165, 1.54) is 6.92 Å². The SMILES string of the molecule is [B][P@@](=O)(OC[C@H]1O[C@@H](n2cc(C)c(=O)[nH]c2=O)C[C@@H]1N=[N+]=[N-])OP(=O)(O)C(F)(F)P(=O)(O)O. The molecule has 16 nitrogen and oxygen atoms in total. The predicted octanol–water partition coefficient (Wildman–Crippen LogP) is 1.03. The highest BCUT2D eigenvalue weighted by Gasteiger charge is 2.66. The topological polar surface area (TPSA) is 243 Å². The standard InChI is InChI=1S/C11H15BF2N5O11P3/c1-5-3-19(10(21)16-9(5)20)8-2-6(17-18-15)7(29-8)4-28-33(12,27)30-32(25,26)11(13,14)31(22,23)24/h3,6-8H,2,4H2,1H3,(H,25,26)(H,16,20,21)(H2,22,23,24)/t6-,7+,8+,33+/m0/s1. The van der Waals surface area contributed by atoms with Gasteiger partial charge in [0.1, 0.15) is 6.23 Å². The number of halogens is 2. The predicted molar refractivity (Wildman–Crippen MR) is 105 cm³/mol. The largest absolute Gasteiger partial charge is 0.444 e. The average Bonchev–Trinajstić information content (AvgIpc) is 3.04. The Bertz CT molecular complexity index is 1230. The number of azide groups is 1. The molecule has 0 saturated carbocycles. The average molecular weight is 535 g/mol. The third-order valence-electron chi connectivity index (χ3n) is 4.19. The van der Waals surface area contributed by atoms with Gasteiger partial charge in [-0.05, 0) is 12.5 Å². The highest BCUT2D eigenvalue weighted by molar-refractivity contribution is 7.86. The zero-order valence-corrected chi connectivity index (χ0v) is 19.0. The first kappa shape index (κ1) is 27.6. The number of aromatic amines is 1. The molecule has 2 rings (SSSR count). The Balaban J connectivity index is 2.19. The lowest BCUT2D eigenvalue weighted by atomic mass is 10.1. The van der Waals surface area contributed by atoms with Crippen molar-refractivity contribution in [2.45, 2.75) is 37.1 Å². The molecule has 5 atom stereocenters. The van der Waals surface area contributed by atoms with Crippen LogP contribution in [-0.2, 0) is 27.3 Å². The zero-order valence-electron chi connectivity index (χ0n) is 16.3. The number of hydrogen-bond acceptors (Lipinski definition) is 9. The molecule has 182 valence electrons. The van der Waals surface area contributed by atoms with Crippen LogP contribution < -0.4 is 11.2 Å². The van der Waals surface area contributed by atoms with Crippen molar-refractivity contribution in [3.8, 4) is 0 Å². The molecule has 0 spiro atoms. The van der Waals surface area contributed by atoms with Gasteiger partial charge in [0.05, 0.1) is 18.8 Å². The van der Waals surface area contributed by atoms with E-state index in [1.807, 2.05) is 4.98 Å². The number of aromatic nitrogens is 2. The second-order valence-corrected chi connectivity index (χ2v) is 12.2. The lowest BCUT2D eigenvalue weighted by Crippen LogP contribution is -2.33. The Morgan fingerprint density at radius 3 is 2.55 bits per heavy atom. The van der Waals surface area contributed by atoms with Gasteiger partial charge in [0.15, 0.2) is 0 Å². The molecule has 0 aromatic carbocycles. The van der Waals surface area contributed by atoms with Gasteiger partial charge in [-0.15, -0.1) is 0 Å². The number of ether oxygens (including phenoxy) is 1. The van der Waals surface area contributed by atoms with Gasteiger partial charge in [-0.2, -0.15) is 8.78 Å². The highest BCUT2D eigenvalue weighted by Crippen LogP contribution is 2.77. The zero-order chi connectivity index (χ0) is 25.4. The Kier molecular flexibility index (Phi) is 7.99. The van der Waals surface area contributed by atoms with E-state index < -0.39 is 64.3 Å². The summed E-state index contributed by atoms with van der Waals surface area (Å²) >= 11 is 0. The second-order valence-electron chi connectivity index (χ2n) is 6.61. The van der Waals surface area contributed by atoms with E-state index in [2.05, 4.69) is 18.9 Å². The monoisotopic (exact) mass is 535 g/mol. The third kappa shape index (κ3) is 6.08. The van der Waals surface area contributed by atoms with Crippen molar-refractivity contribution in [1.82, 2.24) is 9.55 Å². The molecular weight excluding hydrogens is 520 g/mol. The summed E-state index contributed by atoms with van der Waals surface area (Å²) in [6, 6.07) is -1.11. The van der Waals surface area contributed by atoms with Crippen LogP contribution in [0.3, 0.4) is 0 Å². The number of alkyl halides is 2.